The van der Waals surface area contributed by atoms with E-state index in [9.17, 15) is 4.79 Å². The molecule has 0 aromatic heterocycles. The number of likely N-dealkylation sites (tertiary alicyclic amines) is 1. The van der Waals surface area contributed by atoms with E-state index in [2.05, 4.69) is 16.3 Å². The molecule has 2 rings (SSSR count). The molecular weight excluding hydrogens is 331 g/mol. The van der Waals surface area contributed by atoms with Gasteiger partial charge in [0, 0.05) is 18.0 Å². The first-order valence-electron chi connectivity index (χ1n) is 8.47. The van der Waals surface area contributed by atoms with E-state index in [-0.39, 0.29) is 24.4 Å². The van der Waals surface area contributed by atoms with Crippen molar-refractivity contribution in [3.63, 3.8) is 0 Å². The number of halogens is 2. The third-order valence-electron chi connectivity index (χ3n) is 4.32. The molecule has 0 spiro atoms. The Bertz CT molecular complexity index is 474. The Morgan fingerprint density at radius 2 is 1.87 bits per heavy atom. The van der Waals surface area contributed by atoms with Crippen LogP contribution in [0.25, 0.3) is 0 Å². The summed E-state index contributed by atoms with van der Waals surface area (Å²) in [7, 11) is 0. The molecule has 0 saturated carbocycles. The number of hydrogen-bond acceptors (Lipinski definition) is 2. The largest absolute Gasteiger partial charge is 0.354 e. The lowest BCUT2D eigenvalue weighted by Crippen LogP contribution is -2.38. The predicted molar refractivity (Wildman–Crippen MR) is 99.4 cm³/mol. The van der Waals surface area contributed by atoms with Gasteiger partial charge in [-0.2, -0.15) is 0 Å². The van der Waals surface area contributed by atoms with E-state index >= 15 is 0 Å². The van der Waals surface area contributed by atoms with Crippen molar-refractivity contribution in [2.75, 3.05) is 19.6 Å². The number of nitrogens with one attached hydrogen (secondary N) is 1. The maximum absolute atomic E-state index is 11.9. The summed E-state index contributed by atoms with van der Waals surface area (Å²) in [5.41, 5.74) is 1.13. The lowest BCUT2D eigenvalue weighted by Gasteiger charge is -2.31. The minimum atomic E-state index is 0. The van der Waals surface area contributed by atoms with Crippen LogP contribution in [0, 0.1) is 0 Å². The Labute approximate surface area is 151 Å². The van der Waals surface area contributed by atoms with Crippen LogP contribution < -0.4 is 5.32 Å². The van der Waals surface area contributed by atoms with Crippen molar-refractivity contribution in [1.82, 2.24) is 10.2 Å². The Morgan fingerprint density at radius 1 is 1.22 bits per heavy atom. The SMILES string of the molecule is CCCC(=O)NCC(c1ccccc1Cl)N1CCCCCC1.Cl. The minimum absolute atomic E-state index is 0. The molecule has 0 bridgehead atoms. The highest BCUT2D eigenvalue weighted by atomic mass is 35.5. The Kier molecular flexibility index (Phi) is 9.61. The molecule has 1 unspecified atom stereocenters. The maximum Gasteiger partial charge on any atom is 0.220 e. The molecular formula is C18H28Cl2N2O. The first-order valence-corrected chi connectivity index (χ1v) is 8.85. The van der Waals surface area contributed by atoms with Crippen LogP contribution in [0.5, 0.6) is 0 Å². The molecule has 1 amide bonds. The Balaban J connectivity index is 0.00000264. The van der Waals surface area contributed by atoms with Gasteiger partial charge in [0.25, 0.3) is 0 Å². The van der Waals surface area contributed by atoms with Crippen molar-refractivity contribution in [3.05, 3.63) is 34.9 Å². The van der Waals surface area contributed by atoms with Gasteiger partial charge in [-0.25, -0.2) is 0 Å². The fraction of sp³-hybridized carbons (Fsp3) is 0.611. The molecule has 1 heterocycles. The average Bonchev–Trinajstić information content (AvgIpc) is 2.79. The van der Waals surface area contributed by atoms with Gasteiger partial charge in [-0.05, 0) is 44.0 Å². The van der Waals surface area contributed by atoms with Crippen molar-refractivity contribution in [2.24, 2.45) is 0 Å². The number of carbonyl (C=O) groups is 1. The smallest absolute Gasteiger partial charge is 0.220 e. The number of carbonyl (C=O) groups excluding carboxylic acids is 1. The molecule has 23 heavy (non-hydrogen) atoms. The van der Waals surface area contributed by atoms with Crippen molar-refractivity contribution in [3.8, 4) is 0 Å². The zero-order valence-electron chi connectivity index (χ0n) is 13.9. The second kappa shape index (κ2) is 10.9. The quantitative estimate of drug-likeness (QED) is 0.805. The predicted octanol–water partition coefficient (Wildman–Crippen LogP) is 4.60. The highest BCUT2D eigenvalue weighted by molar-refractivity contribution is 6.31. The summed E-state index contributed by atoms with van der Waals surface area (Å²) in [5, 5.41) is 3.88. The van der Waals surface area contributed by atoms with Gasteiger partial charge in [0.05, 0.1) is 6.04 Å². The maximum atomic E-state index is 11.9. The van der Waals surface area contributed by atoms with Crippen molar-refractivity contribution < 1.29 is 4.79 Å². The van der Waals surface area contributed by atoms with Crippen LogP contribution in [-0.2, 0) is 4.79 Å². The van der Waals surface area contributed by atoms with Crippen LogP contribution in [0.15, 0.2) is 24.3 Å². The molecule has 1 aliphatic rings. The minimum Gasteiger partial charge on any atom is -0.354 e. The van der Waals surface area contributed by atoms with Crippen molar-refractivity contribution in [1.29, 1.82) is 0 Å². The second-order valence-electron chi connectivity index (χ2n) is 6.04. The zero-order valence-corrected chi connectivity index (χ0v) is 15.5. The number of benzene rings is 1. The molecule has 1 N–H and O–H groups in total. The number of hydrogen-bond donors (Lipinski definition) is 1. The van der Waals surface area contributed by atoms with Gasteiger partial charge < -0.3 is 5.32 Å². The summed E-state index contributed by atoms with van der Waals surface area (Å²) in [4.78, 5) is 14.3. The highest BCUT2D eigenvalue weighted by Gasteiger charge is 2.23. The monoisotopic (exact) mass is 358 g/mol. The van der Waals surface area contributed by atoms with Gasteiger partial charge in [0.15, 0.2) is 0 Å². The van der Waals surface area contributed by atoms with Gasteiger partial charge >= 0.3 is 0 Å². The van der Waals surface area contributed by atoms with Crippen LogP contribution in [0.2, 0.25) is 5.02 Å². The first kappa shape index (κ1) is 20.3. The molecule has 3 nitrogen and oxygen atoms in total. The van der Waals surface area contributed by atoms with Gasteiger partial charge in [-0.15, -0.1) is 12.4 Å². The van der Waals surface area contributed by atoms with Crippen molar-refractivity contribution >= 4 is 29.9 Å². The molecule has 1 saturated heterocycles. The molecule has 1 aromatic carbocycles. The van der Waals surface area contributed by atoms with E-state index in [0.29, 0.717) is 13.0 Å². The first-order chi connectivity index (χ1) is 10.7. The number of nitrogens with zero attached hydrogens (tertiary/aromatic N) is 1. The van der Waals surface area contributed by atoms with Crippen LogP contribution in [0.4, 0.5) is 0 Å². The summed E-state index contributed by atoms with van der Waals surface area (Å²) in [6, 6.07) is 8.19. The van der Waals surface area contributed by atoms with Crippen LogP contribution in [0.3, 0.4) is 0 Å². The summed E-state index contributed by atoms with van der Waals surface area (Å²) >= 11 is 6.42. The zero-order chi connectivity index (χ0) is 15.8. The molecule has 1 atom stereocenters. The molecule has 5 heteroatoms. The van der Waals surface area contributed by atoms with Crippen LogP contribution in [-0.4, -0.2) is 30.4 Å². The fourth-order valence-electron chi connectivity index (χ4n) is 3.11. The molecule has 130 valence electrons. The summed E-state index contributed by atoms with van der Waals surface area (Å²) in [6.45, 7) is 4.83. The fourth-order valence-corrected chi connectivity index (χ4v) is 3.38. The average molecular weight is 359 g/mol. The van der Waals surface area contributed by atoms with Gasteiger partial charge in [0.2, 0.25) is 5.91 Å². The van der Waals surface area contributed by atoms with E-state index in [1.165, 1.54) is 25.7 Å². The van der Waals surface area contributed by atoms with Gasteiger partial charge in [-0.1, -0.05) is 49.6 Å². The summed E-state index contributed by atoms with van der Waals surface area (Å²) in [6.07, 6.45) is 6.52. The number of rotatable bonds is 6. The molecule has 0 radical (unpaired) electrons. The van der Waals surface area contributed by atoms with E-state index < -0.39 is 0 Å². The highest BCUT2D eigenvalue weighted by Crippen LogP contribution is 2.29. The lowest BCUT2D eigenvalue weighted by molar-refractivity contribution is -0.121. The van der Waals surface area contributed by atoms with E-state index in [4.69, 9.17) is 11.6 Å². The normalized spacial score (nSPS) is 17.0. The molecule has 1 aromatic rings. The summed E-state index contributed by atoms with van der Waals surface area (Å²) < 4.78 is 0. The van der Waals surface area contributed by atoms with Crippen LogP contribution >= 0.6 is 24.0 Å². The Morgan fingerprint density at radius 3 is 2.48 bits per heavy atom. The van der Waals surface area contributed by atoms with E-state index in [1.807, 2.05) is 25.1 Å². The van der Waals surface area contributed by atoms with Crippen LogP contribution in [0.1, 0.15) is 57.1 Å². The van der Waals surface area contributed by atoms with Gasteiger partial charge in [-0.3, -0.25) is 9.69 Å². The van der Waals surface area contributed by atoms with E-state index in [0.717, 1.165) is 30.1 Å². The number of amides is 1. The molecule has 0 aliphatic carbocycles. The Hall–Kier alpha value is -0.770. The topological polar surface area (TPSA) is 32.3 Å². The summed E-state index contributed by atoms with van der Waals surface area (Å²) in [5.74, 6) is 0.134. The molecule has 1 aliphatic heterocycles. The third kappa shape index (κ3) is 6.33. The van der Waals surface area contributed by atoms with E-state index in [1.54, 1.807) is 0 Å². The van der Waals surface area contributed by atoms with Gasteiger partial charge in [0.1, 0.15) is 0 Å². The second-order valence-corrected chi connectivity index (χ2v) is 6.45. The standard InChI is InChI=1S/C18H27ClN2O.ClH/c1-2-9-18(22)20-14-17(15-10-5-6-11-16(15)19)21-12-7-3-4-8-13-21;/h5-6,10-11,17H,2-4,7-9,12-14H2,1H3,(H,20,22);1H. The third-order valence-corrected chi connectivity index (χ3v) is 4.66. The lowest BCUT2D eigenvalue weighted by atomic mass is 10.0. The molecule has 1 fully saturated rings. The van der Waals surface area contributed by atoms with Crippen molar-refractivity contribution in [2.45, 2.75) is 51.5 Å².